The first-order valence-corrected chi connectivity index (χ1v) is 11.2. The van der Waals surface area contributed by atoms with E-state index < -0.39 is 5.97 Å². The van der Waals surface area contributed by atoms with E-state index in [1.165, 1.54) is 0 Å². The highest BCUT2D eigenvalue weighted by molar-refractivity contribution is 5.96. The minimum atomic E-state index is -0.948. The summed E-state index contributed by atoms with van der Waals surface area (Å²) < 4.78 is 7.47. The molecule has 1 N–H and O–H groups in total. The van der Waals surface area contributed by atoms with Crippen LogP contribution < -0.4 is 0 Å². The molecule has 7 nitrogen and oxygen atoms in total. The minimum absolute atomic E-state index is 0.250. The molecule has 4 heterocycles. The molecular weight excluding hydrogens is 428 g/mol. The number of aryl methyl sites for hydroxylation is 2. The highest BCUT2D eigenvalue weighted by Gasteiger charge is 2.17. The van der Waals surface area contributed by atoms with Crippen LogP contribution >= 0.6 is 0 Å². The lowest BCUT2D eigenvalue weighted by atomic mass is 10.0. The first kappa shape index (κ1) is 22.9. The van der Waals surface area contributed by atoms with Crippen LogP contribution in [0, 0.1) is 13.8 Å². The van der Waals surface area contributed by atoms with E-state index in [2.05, 4.69) is 20.8 Å². The number of pyridine rings is 2. The van der Waals surface area contributed by atoms with Gasteiger partial charge in [-0.25, -0.2) is 4.79 Å². The van der Waals surface area contributed by atoms with Crippen LogP contribution in [0.15, 0.2) is 71.6 Å². The van der Waals surface area contributed by atoms with Gasteiger partial charge in [-0.15, -0.1) is 0 Å². The molecule has 0 aliphatic carbocycles. The molecular formula is C27H26N4O3. The monoisotopic (exact) mass is 454 g/mol. The van der Waals surface area contributed by atoms with Gasteiger partial charge < -0.3 is 14.2 Å². The van der Waals surface area contributed by atoms with Crippen LogP contribution in [0.3, 0.4) is 0 Å². The number of hydrogen-bond donors (Lipinski definition) is 1. The van der Waals surface area contributed by atoms with Gasteiger partial charge in [0.15, 0.2) is 0 Å². The Morgan fingerprint density at radius 1 is 1.03 bits per heavy atom. The number of rotatable bonds is 5. The van der Waals surface area contributed by atoms with Crippen molar-refractivity contribution in [2.45, 2.75) is 34.2 Å². The summed E-state index contributed by atoms with van der Waals surface area (Å²) in [7, 11) is 0. The Bertz CT molecular complexity index is 1420. The van der Waals surface area contributed by atoms with Crippen LogP contribution in [0.5, 0.6) is 0 Å². The highest BCUT2D eigenvalue weighted by Crippen LogP contribution is 2.34. The van der Waals surface area contributed by atoms with Crippen molar-refractivity contribution in [2.24, 2.45) is 0 Å². The van der Waals surface area contributed by atoms with Gasteiger partial charge in [-0.05, 0) is 49.7 Å². The van der Waals surface area contributed by atoms with Crippen LogP contribution in [-0.2, 0) is 6.54 Å². The summed E-state index contributed by atoms with van der Waals surface area (Å²) in [6.45, 7) is 8.39. The van der Waals surface area contributed by atoms with Crippen molar-refractivity contribution in [3.05, 3.63) is 89.8 Å². The normalized spacial score (nSPS) is 10.7. The standard InChI is InChI=1S/C25H20N4O3.C2H6/c1-15-23(16(2)32-28-15)19-11-22-24(27-12-19)21(17-6-8-18(9-7-17)25(30)31)14-29(22)13-20-5-3-4-10-26-20;1-2/h3-12,14H,13H2,1-2H3,(H,30,31);1-2H3. The lowest BCUT2D eigenvalue weighted by Gasteiger charge is -2.06. The number of hydrogen-bond acceptors (Lipinski definition) is 5. The van der Waals surface area contributed by atoms with Gasteiger partial charge in [0.2, 0.25) is 0 Å². The zero-order valence-electron chi connectivity index (χ0n) is 19.6. The molecule has 0 unspecified atom stereocenters. The molecule has 0 spiro atoms. The number of benzene rings is 1. The van der Waals surface area contributed by atoms with Crippen LogP contribution in [0.4, 0.5) is 0 Å². The summed E-state index contributed by atoms with van der Waals surface area (Å²) in [5.74, 6) is -0.202. The summed E-state index contributed by atoms with van der Waals surface area (Å²) in [5, 5.41) is 13.3. The van der Waals surface area contributed by atoms with E-state index in [1.54, 1.807) is 18.3 Å². The molecule has 0 bridgehead atoms. The fourth-order valence-electron chi connectivity index (χ4n) is 4.00. The zero-order chi connectivity index (χ0) is 24.2. The lowest BCUT2D eigenvalue weighted by molar-refractivity contribution is 0.0697. The highest BCUT2D eigenvalue weighted by atomic mass is 16.5. The molecule has 5 rings (SSSR count). The van der Waals surface area contributed by atoms with Crippen LogP contribution in [0.1, 0.15) is 41.4 Å². The Kier molecular flexibility index (Phi) is 6.54. The second-order valence-electron chi connectivity index (χ2n) is 7.67. The lowest BCUT2D eigenvalue weighted by Crippen LogP contribution is -2.00. The van der Waals surface area contributed by atoms with E-state index in [1.807, 2.05) is 70.4 Å². The van der Waals surface area contributed by atoms with Gasteiger partial charge in [-0.3, -0.25) is 9.97 Å². The zero-order valence-corrected chi connectivity index (χ0v) is 19.6. The largest absolute Gasteiger partial charge is 0.478 e. The van der Waals surface area contributed by atoms with E-state index in [4.69, 9.17) is 9.51 Å². The van der Waals surface area contributed by atoms with E-state index in [0.717, 1.165) is 50.4 Å². The molecule has 34 heavy (non-hydrogen) atoms. The molecule has 0 aliphatic rings. The molecule has 4 aromatic heterocycles. The smallest absolute Gasteiger partial charge is 0.335 e. The molecule has 0 atom stereocenters. The summed E-state index contributed by atoms with van der Waals surface area (Å²) in [6, 6.07) is 14.8. The summed E-state index contributed by atoms with van der Waals surface area (Å²) in [6.07, 6.45) is 5.65. The average Bonchev–Trinajstić information content (AvgIpc) is 3.39. The Morgan fingerprint density at radius 3 is 2.41 bits per heavy atom. The van der Waals surface area contributed by atoms with Gasteiger partial charge >= 0.3 is 5.97 Å². The van der Waals surface area contributed by atoms with Gasteiger partial charge in [0.1, 0.15) is 5.76 Å². The third-order valence-electron chi connectivity index (χ3n) is 5.54. The number of carbonyl (C=O) groups is 1. The van der Waals surface area contributed by atoms with Gasteiger partial charge in [0, 0.05) is 35.3 Å². The predicted molar refractivity (Wildman–Crippen MR) is 132 cm³/mol. The second kappa shape index (κ2) is 9.70. The fraction of sp³-hybridized carbons (Fsp3) is 0.185. The van der Waals surface area contributed by atoms with E-state index >= 15 is 0 Å². The summed E-state index contributed by atoms with van der Waals surface area (Å²) >= 11 is 0. The third-order valence-corrected chi connectivity index (χ3v) is 5.54. The molecule has 0 aliphatic heterocycles. The average molecular weight is 455 g/mol. The first-order chi connectivity index (χ1) is 16.5. The maximum atomic E-state index is 11.2. The first-order valence-electron chi connectivity index (χ1n) is 11.2. The Labute approximate surface area is 197 Å². The SMILES string of the molecule is CC.Cc1noc(C)c1-c1cnc2c(-c3ccc(C(=O)O)cc3)cn(Cc3ccccn3)c2c1. The molecule has 5 aromatic rings. The maximum Gasteiger partial charge on any atom is 0.335 e. The Morgan fingerprint density at radius 2 is 1.79 bits per heavy atom. The van der Waals surface area contributed by atoms with Gasteiger partial charge in [-0.1, -0.05) is 37.2 Å². The fourth-order valence-corrected chi connectivity index (χ4v) is 4.00. The van der Waals surface area contributed by atoms with Gasteiger partial charge in [-0.2, -0.15) is 0 Å². The number of nitrogens with zero attached hydrogens (tertiary/aromatic N) is 4. The van der Waals surface area contributed by atoms with Crippen molar-refractivity contribution in [1.29, 1.82) is 0 Å². The van der Waals surface area contributed by atoms with E-state index in [-0.39, 0.29) is 5.56 Å². The van der Waals surface area contributed by atoms with Crippen molar-refractivity contribution < 1.29 is 14.4 Å². The number of carboxylic acid groups (broad SMARTS) is 1. The van der Waals surface area contributed by atoms with Crippen LogP contribution in [-0.4, -0.2) is 30.8 Å². The van der Waals surface area contributed by atoms with Crippen molar-refractivity contribution >= 4 is 17.0 Å². The molecule has 0 fully saturated rings. The Balaban J connectivity index is 0.00000133. The third kappa shape index (κ3) is 4.32. The number of aromatic carboxylic acids is 1. The number of carboxylic acids is 1. The van der Waals surface area contributed by atoms with Gasteiger partial charge in [0.25, 0.3) is 0 Å². The molecule has 1 aromatic carbocycles. The number of fused-ring (bicyclic) bond motifs is 1. The number of aromatic nitrogens is 4. The predicted octanol–water partition coefficient (Wildman–Crippen LogP) is 6.14. The second-order valence-corrected chi connectivity index (χ2v) is 7.67. The van der Waals surface area contributed by atoms with E-state index in [0.29, 0.717) is 6.54 Å². The maximum absolute atomic E-state index is 11.2. The topological polar surface area (TPSA) is 94.0 Å². The van der Waals surface area contributed by atoms with Crippen molar-refractivity contribution in [3.8, 4) is 22.3 Å². The van der Waals surface area contributed by atoms with Crippen molar-refractivity contribution in [2.75, 3.05) is 0 Å². The molecule has 0 radical (unpaired) electrons. The van der Waals surface area contributed by atoms with Crippen LogP contribution in [0.2, 0.25) is 0 Å². The van der Waals surface area contributed by atoms with Crippen molar-refractivity contribution in [1.82, 2.24) is 19.7 Å². The molecule has 7 heteroatoms. The van der Waals surface area contributed by atoms with Crippen molar-refractivity contribution in [3.63, 3.8) is 0 Å². The molecule has 172 valence electrons. The Hall–Kier alpha value is -4.26. The quantitative estimate of drug-likeness (QED) is 0.343. The molecule has 0 saturated heterocycles. The van der Waals surface area contributed by atoms with Crippen LogP contribution in [0.25, 0.3) is 33.3 Å². The molecule has 0 saturated carbocycles. The van der Waals surface area contributed by atoms with Gasteiger partial charge in [0.05, 0.1) is 34.5 Å². The summed E-state index contributed by atoms with van der Waals surface area (Å²) in [5.41, 5.74) is 7.48. The minimum Gasteiger partial charge on any atom is -0.478 e. The molecule has 0 amide bonds. The summed E-state index contributed by atoms with van der Waals surface area (Å²) in [4.78, 5) is 20.5. The van der Waals surface area contributed by atoms with E-state index in [9.17, 15) is 9.90 Å².